The molecule has 1 amide bonds. The first-order valence-electron chi connectivity index (χ1n) is 8.99. The Kier molecular flexibility index (Phi) is 5.59. The number of carbonyl (C=O) groups excluding carboxylic acids is 1. The van der Waals surface area contributed by atoms with Crippen molar-refractivity contribution in [1.82, 2.24) is 4.90 Å². The Morgan fingerprint density at radius 2 is 1.88 bits per heavy atom. The van der Waals surface area contributed by atoms with Gasteiger partial charge in [0.1, 0.15) is 18.5 Å². The molecule has 26 heavy (non-hydrogen) atoms. The number of likely N-dealkylation sites (tertiary alicyclic amines) is 1. The van der Waals surface area contributed by atoms with Gasteiger partial charge in [-0.05, 0) is 30.5 Å². The average molecular weight is 355 g/mol. The van der Waals surface area contributed by atoms with Crippen molar-refractivity contribution in [3.05, 3.63) is 65.7 Å². The Hall–Kier alpha value is -2.37. The second-order valence-corrected chi connectivity index (χ2v) is 6.74. The van der Waals surface area contributed by atoms with Crippen molar-refractivity contribution in [2.75, 3.05) is 13.1 Å². The van der Waals surface area contributed by atoms with Gasteiger partial charge in [0.15, 0.2) is 0 Å². The highest BCUT2D eigenvalue weighted by Gasteiger charge is 2.40. The summed E-state index contributed by atoms with van der Waals surface area (Å²) in [5.74, 6) is 0.332. The van der Waals surface area contributed by atoms with Crippen LogP contribution < -0.4 is 4.74 Å². The first kappa shape index (κ1) is 18.4. The average Bonchev–Trinajstić information content (AvgIpc) is 2.69. The molecule has 0 spiro atoms. The summed E-state index contributed by atoms with van der Waals surface area (Å²) in [5.41, 5.74) is 0.383. The van der Waals surface area contributed by atoms with Crippen LogP contribution in [0.1, 0.15) is 35.7 Å². The Balaban J connectivity index is 1.72. The van der Waals surface area contributed by atoms with Crippen molar-refractivity contribution in [3.63, 3.8) is 0 Å². The summed E-state index contributed by atoms with van der Waals surface area (Å²) in [6.45, 7) is 2.75. The molecule has 5 nitrogen and oxygen atoms in total. The quantitative estimate of drug-likeness (QED) is 0.865. The van der Waals surface area contributed by atoms with E-state index < -0.39 is 11.7 Å². The zero-order valence-electron chi connectivity index (χ0n) is 15.0. The van der Waals surface area contributed by atoms with E-state index in [9.17, 15) is 15.0 Å². The van der Waals surface area contributed by atoms with Gasteiger partial charge in [0.2, 0.25) is 0 Å². The van der Waals surface area contributed by atoms with Crippen LogP contribution in [0, 0.1) is 0 Å². The molecule has 0 radical (unpaired) electrons. The minimum Gasteiger partial charge on any atom is -0.488 e. The highest BCUT2D eigenvalue weighted by atomic mass is 16.5. The Morgan fingerprint density at radius 3 is 2.58 bits per heavy atom. The largest absolute Gasteiger partial charge is 0.488 e. The molecule has 2 aromatic rings. The van der Waals surface area contributed by atoms with Crippen LogP contribution >= 0.6 is 0 Å². The standard InChI is InChI=1S/C21H25NO4/c1-2-21(25)12-13-22(14-19(21)23)20(24)17-10-6-7-11-18(17)26-15-16-8-4-3-5-9-16/h3-11,19,23,25H,2,12-15H2,1H3/t19-,21-/m1/s1. The van der Waals surface area contributed by atoms with Gasteiger partial charge in [0.25, 0.3) is 5.91 Å². The molecule has 2 aromatic carbocycles. The summed E-state index contributed by atoms with van der Waals surface area (Å²) in [4.78, 5) is 14.5. The van der Waals surface area contributed by atoms with E-state index >= 15 is 0 Å². The summed E-state index contributed by atoms with van der Waals surface area (Å²) in [7, 11) is 0. The van der Waals surface area contributed by atoms with Crippen molar-refractivity contribution in [2.45, 2.75) is 38.1 Å². The number of β-amino-alcohol motifs (C(OH)–C–C–N with tert-alkyl or cyclic N) is 1. The topological polar surface area (TPSA) is 70.0 Å². The highest BCUT2D eigenvalue weighted by Crippen LogP contribution is 2.28. The number of piperidine rings is 1. The number of ether oxygens (including phenoxy) is 1. The molecule has 0 aromatic heterocycles. The molecular weight excluding hydrogens is 330 g/mol. The number of aliphatic hydroxyl groups is 2. The minimum absolute atomic E-state index is 0.121. The SMILES string of the molecule is CC[C@@]1(O)CCN(C(=O)c2ccccc2OCc2ccccc2)C[C@H]1O. The van der Waals surface area contributed by atoms with Crippen LogP contribution in [0.3, 0.4) is 0 Å². The molecule has 1 saturated heterocycles. The van der Waals surface area contributed by atoms with Gasteiger partial charge in [-0.15, -0.1) is 0 Å². The molecule has 1 heterocycles. The molecule has 0 saturated carbocycles. The van der Waals surface area contributed by atoms with Crippen LogP contribution in [0.2, 0.25) is 0 Å². The van der Waals surface area contributed by atoms with Crippen LogP contribution in [-0.4, -0.2) is 45.8 Å². The second-order valence-electron chi connectivity index (χ2n) is 6.74. The van der Waals surface area contributed by atoms with Gasteiger partial charge in [-0.2, -0.15) is 0 Å². The fraction of sp³-hybridized carbons (Fsp3) is 0.381. The fourth-order valence-corrected chi connectivity index (χ4v) is 3.24. The fourth-order valence-electron chi connectivity index (χ4n) is 3.24. The van der Waals surface area contributed by atoms with E-state index in [1.54, 1.807) is 23.1 Å². The number of hydrogen-bond donors (Lipinski definition) is 2. The Bertz CT molecular complexity index is 749. The van der Waals surface area contributed by atoms with Crippen molar-refractivity contribution in [2.24, 2.45) is 0 Å². The van der Waals surface area contributed by atoms with Gasteiger partial charge < -0.3 is 19.8 Å². The predicted octanol–water partition coefficient (Wildman–Crippen LogP) is 2.61. The molecule has 0 bridgehead atoms. The zero-order valence-corrected chi connectivity index (χ0v) is 15.0. The molecule has 1 aliphatic heterocycles. The summed E-state index contributed by atoms with van der Waals surface area (Å²) in [6.07, 6.45) is -0.112. The smallest absolute Gasteiger partial charge is 0.257 e. The number of aliphatic hydroxyl groups excluding tert-OH is 1. The van der Waals surface area contributed by atoms with Crippen LogP contribution in [0.4, 0.5) is 0 Å². The zero-order chi connectivity index (χ0) is 18.6. The van der Waals surface area contributed by atoms with Crippen molar-refractivity contribution < 1.29 is 19.7 Å². The van der Waals surface area contributed by atoms with Crippen LogP contribution in [0.15, 0.2) is 54.6 Å². The molecule has 2 atom stereocenters. The molecule has 1 fully saturated rings. The maximum absolute atomic E-state index is 12.9. The lowest BCUT2D eigenvalue weighted by Crippen LogP contribution is -2.56. The third kappa shape index (κ3) is 3.89. The third-order valence-electron chi connectivity index (χ3n) is 5.08. The number of benzene rings is 2. The summed E-state index contributed by atoms with van der Waals surface area (Å²) >= 11 is 0. The van der Waals surface area contributed by atoms with E-state index in [1.807, 2.05) is 43.3 Å². The van der Waals surface area contributed by atoms with Crippen LogP contribution in [0.5, 0.6) is 5.75 Å². The molecule has 2 N–H and O–H groups in total. The lowest BCUT2D eigenvalue weighted by atomic mass is 9.86. The summed E-state index contributed by atoms with van der Waals surface area (Å²) in [6, 6.07) is 16.9. The van der Waals surface area contributed by atoms with Gasteiger partial charge in [-0.25, -0.2) is 0 Å². The van der Waals surface area contributed by atoms with Gasteiger partial charge in [0, 0.05) is 13.1 Å². The minimum atomic E-state index is -1.11. The summed E-state index contributed by atoms with van der Waals surface area (Å²) in [5, 5.41) is 20.6. The van der Waals surface area contributed by atoms with Gasteiger partial charge >= 0.3 is 0 Å². The van der Waals surface area contributed by atoms with E-state index in [-0.39, 0.29) is 12.5 Å². The molecular formula is C21H25NO4. The van der Waals surface area contributed by atoms with E-state index in [0.29, 0.717) is 37.3 Å². The molecule has 0 unspecified atom stereocenters. The van der Waals surface area contributed by atoms with Crippen molar-refractivity contribution in [3.8, 4) is 5.75 Å². The molecule has 138 valence electrons. The highest BCUT2D eigenvalue weighted by molar-refractivity contribution is 5.97. The first-order valence-corrected chi connectivity index (χ1v) is 8.99. The molecule has 1 aliphatic rings. The monoisotopic (exact) mass is 355 g/mol. The van der Waals surface area contributed by atoms with Crippen LogP contribution in [0.25, 0.3) is 0 Å². The third-order valence-corrected chi connectivity index (χ3v) is 5.08. The normalized spacial score (nSPS) is 22.9. The number of hydrogen-bond acceptors (Lipinski definition) is 4. The van der Waals surface area contributed by atoms with Crippen LogP contribution in [-0.2, 0) is 6.61 Å². The van der Waals surface area contributed by atoms with E-state index in [1.165, 1.54) is 0 Å². The van der Waals surface area contributed by atoms with Gasteiger partial charge in [-0.1, -0.05) is 49.4 Å². The molecule has 3 rings (SSSR count). The predicted molar refractivity (Wildman–Crippen MR) is 99.0 cm³/mol. The number of para-hydroxylation sites is 1. The van der Waals surface area contributed by atoms with E-state index in [0.717, 1.165) is 5.56 Å². The summed E-state index contributed by atoms with van der Waals surface area (Å²) < 4.78 is 5.86. The van der Waals surface area contributed by atoms with Crippen molar-refractivity contribution in [1.29, 1.82) is 0 Å². The van der Waals surface area contributed by atoms with E-state index in [2.05, 4.69) is 0 Å². The Morgan fingerprint density at radius 1 is 1.19 bits per heavy atom. The number of amides is 1. The van der Waals surface area contributed by atoms with Crippen molar-refractivity contribution >= 4 is 5.91 Å². The lowest BCUT2D eigenvalue weighted by Gasteiger charge is -2.41. The Labute approximate surface area is 153 Å². The molecule has 5 heteroatoms. The lowest BCUT2D eigenvalue weighted by molar-refractivity contribution is -0.114. The van der Waals surface area contributed by atoms with E-state index in [4.69, 9.17) is 4.74 Å². The second kappa shape index (κ2) is 7.89. The van der Waals surface area contributed by atoms with Gasteiger partial charge in [-0.3, -0.25) is 4.79 Å². The molecule has 0 aliphatic carbocycles. The maximum atomic E-state index is 12.9. The number of nitrogens with zero attached hydrogens (tertiary/aromatic N) is 1. The first-order chi connectivity index (χ1) is 12.5. The number of carbonyl (C=O) groups is 1. The number of rotatable bonds is 5. The van der Waals surface area contributed by atoms with Gasteiger partial charge in [0.05, 0.1) is 11.2 Å². The maximum Gasteiger partial charge on any atom is 0.257 e.